The Balaban J connectivity index is 0.000000320. The molecule has 0 unspecified atom stereocenters. The summed E-state index contributed by atoms with van der Waals surface area (Å²) in [7, 11) is 3.18. The number of hydrazone groups is 1. The molecule has 0 saturated heterocycles. The fourth-order valence-electron chi connectivity index (χ4n) is 3.18. The van der Waals surface area contributed by atoms with Gasteiger partial charge in [0.05, 0.1) is 48.1 Å². The molecular weight excluding hydrogens is 448 g/mol. The Kier molecular flexibility index (Phi) is 8.07. The summed E-state index contributed by atoms with van der Waals surface area (Å²) < 4.78 is 10.2. The van der Waals surface area contributed by atoms with Gasteiger partial charge >= 0.3 is 5.97 Å². The molecule has 0 saturated carbocycles. The van der Waals surface area contributed by atoms with Crippen LogP contribution in [0.3, 0.4) is 0 Å². The van der Waals surface area contributed by atoms with E-state index in [9.17, 15) is 9.59 Å². The van der Waals surface area contributed by atoms with Crippen LogP contribution in [0.5, 0.6) is 11.5 Å². The molecule has 4 N–H and O–H groups in total. The number of aromatic carboxylic acids is 1. The number of amides is 1. The zero-order valence-corrected chi connectivity index (χ0v) is 19.6. The van der Waals surface area contributed by atoms with Gasteiger partial charge in [0.2, 0.25) is 0 Å². The standard InChI is InChI=1S/C19H17N3O4.C7H9NO/c1-12-15(11-20-16-5-3-4-6-17(16)26-2)18(23)22(21-12)14-9-7-13(8-10-14)19(24)25;1-9-7-5-3-2-4-6(7)8/h3-11,20H,1-2H3,(H,24,25);2-5H,8H2,1H3/b15-11+;. The van der Waals surface area contributed by atoms with Gasteiger partial charge in [0.1, 0.15) is 11.5 Å². The summed E-state index contributed by atoms with van der Waals surface area (Å²) in [6.07, 6.45) is 1.59. The van der Waals surface area contributed by atoms with E-state index >= 15 is 0 Å². The quantitative estimate of drug-likeness (QED) is 0.357. The summed E-state index contributed by atoms with van der Waals surface area (Å²) >= 11 is 0. The van der Waals surface area contributed by atoms with Crippen LogP contribution >= 0.6 is 0 Å². The predicted octanol–water partition coefficient (Wildman–Crippen LogP) is 4.39. The summed E-state index contributed by atoms with van der Waals surface area (Å²) in [5.74, 6) is 0.0709. The van der Waals surface area contributed by atoms with Gasteiger partial charge in [-0.05, 0) is 55.5 Å². The summed E-state index contributed by atoms with van der Waals surface area (Å²) in [4.78, 5) is 23.6. The fourth-order valence-corrected chi connectivity index (χ4v) is 3.18. The van der Waals surface area contributed by atoms with Crippen LogP contribution < -0.4 is 25.5 Å². The molecule has 0 radical (unpaired) electrons. The Morgan fingerprint density at radius 1 is 0.971 bits per heavy atom. The van der Waals surface area contributed by atoms with E-state index in [1.165, 1.54) is 17.1 Å². The van der Waals surface area contributed by atoms with Gasteiger partial charge in [0, 0.05) is 6.20 Å². The van der Waals surface area contributed by atoms with Gasteiger partial charge in [-0.15, -0.1) is 0 Å². The predicted molar refractivity (Wildman–Crippen MR) is 136 cm³/mol. The number of nitrogens with one attached hydrogen (secondary N) is 1. The number of carboxylic acid groups (broad SMARTS) is 1. The highest BCUT2D eigenvalue weighted by Crippen LogP contribution is 2.26. The highest BCUT2D eigenvalue weighted by molar-refractivity contribution is 6.29. The number of methoxy groups -OCH3 is 2. The first-order valence-electron chi connectivity index (χ1n) is 10.6. The molecule has 1 amide bonds. The van der Waals surface area contributed by atoms with Crippen molar-refractivity contribution in [2.24, 2.45) is 5.10 Å². The van der Waals surface area contributed by atoms with Crippen molar-refractivity contribution < 1.29 is 24.2 Å². The molecule has 3 aromatic rings. The molecule has 1 heterocycles. The minimum absolute atomic E-state index is 0.148. The van der Waals surface area contributed by atoms with Crippen LogP contribution in [0.25, 0.3) is 0 Å². The molecule has 3 aromatic carbocycles. The van der Waals surface area contributed by atoms with Crippen LogP contribution in [0.15, 0.2) is 89.7 Å². The maximum absolute atomic E-state index is 12.7. The number of hydrogen-bond donors (Lipinski definition) is 3. The fraction of sp³-hybridized carbons (Fsp3) is 0.115. The van der Waals surface area contributed by atoms with Crippen LogP contribution in [0.2, 0.25) is 0 Å². The number of para-hydroxylation sites is 4. The molecule has 4 rings (SSSR count). The highest BCUT2D eigenvalue weighted by Gasteiger charge is 2.28. The zero-order valence-electron chi connectivity index (χ0n) is 19.6. The second kappa shape index (κ2) is 11.4. The van der Waals surface area contributed by atoms with Crippen molar-refractivity contribution in [3.8, 4) is 11.5 Å². The molecule has 0 atom stereocenters. The summed E-state index contributed by atoms with van der Waals surface area (Å²) in [6, 6.07) is 20.7. The van der Waals surface area contributed by atoms with Gasteiger partial charge in [0.25, 0.3) is 5.91 Å². The molecule has 1 aliphatic rings. The van der Waals surface area contributed by atoms with Crippen LogP contribution in [0.1, 0.15) is 17.3 Å². The zero-order chi connectivity index (χ0) is 25.4. The average molecular weight is 475 g/mol. The third-order valence-electron chi connectivity index (χ3n) is 5.04. The smallest absolute Gasteiger partial charge is 0.335 e. The molecule has 180 valence electrons. The van der Waals surface area contributed by atoms with E-state index in [1.54, 1.807) is 45.5 Å². The van der Waals surface area contributed by atoms with E-state index in [2.05, 4.69) is 10.4 Å². The third-order valence-corrected chi connectivity index (χ3v) is 5.04. The second-order valence-electron chi connectivity index (χ2n) is 7.30. The van der Waals surface area contributed by atoms with Gasteiger partial charge in [0.15, 0.2) is 0 Å². The molecule has 0 aliphatic carbocycles. The molecule has 0 bridgehead atoms. The van der Waals surface area contributed by atoms with E-state index < -0.39 is 5.97 Å². The lowest BCUT2D eigenvalue weighted by Gasteiger charge is -2.12. The van der Waals surface area contributed by atoms with E-state index in [1.807, 2.05) is 42.5 Å². The molecule has 35 heavy (non-hydrogen) atoms. The first-order chi connectivity index (χ1) is 16.8. The van der Waals surface area contributed by atoms with Crippen LogP contribution in [0, 0.1) is 0 Å². The van der Waals surface area contributed by atoms with Crippen molar-refractivity contribution in [2.45, 2.75) is 6.92 Å². The van der Waals surface area contributed by atoms with Gasteiger partial charge in [-0.25, -0.2) is 4.79 Å². The number of nitrogen functional groups attached to an aromatic ring is 1. The van der Waals surface area contributed by atoms with Gasteiger partial charge in [-0.3, -0.25) is 4.79 Å². The van der Waals surface area contributed by atoms with Crippen LogP contribution in [-0.2, 0) is 4.79 Å². The maximum atomic E-state index is 12.7. The monoisotopic (exact) mass is 474 g/mol. The summed E-state index contributed by atoms with van der Waals surface area (Å²) in [5, 5.41) is 17.5. The van der Waals surface area contributed by atoms with Crippen LogP contribution in [0.4, 0.5) is 17.1 Å². The van der Waals surface area contributed by atoms with Crippen molar-refractivity contribution in [3.05, 3.63) is 90.1 Å². The number of carbonyl (C=O) groups excluding carboxylic acids is 1. The SMILES string of the molecule is COc1ccccc1N.COc1ccccc1N/C=C1/C(=O)N(c2ccc(C(=O)O)cc2)N=C1C. The average Bonchev–Trinajstić information content (AvgIpc) is 3.16. The number of benzene rings is 3. The number of nitrogens with two attached hydrogens (primary N) is 1. The van der Waals surface area contributed by atoms with Gasteiger partial charge < -0.3 is 25.6 Å². The van der Waals surface area contributed by atoms with E-state index in [-0.39, 0.29) is 11.5 Å². The number of nitrogens with zero attached hydrogens (tertiary/aromatic N) is 2. The van der Waals surface area contributed by atoms with E-state index in [0.29, 0.717) is 28.4 Å². The number of anilines is 3. The Hall–Kier alpha value is -4.79. The normalized spacial score (nSPS) is 13.6. The molecule has 9 heteroatoms. The van der Waals surface area contributed by atoms with Crippen molar-refractivity contribution >= 4 is 34.7 Å². The topological polar surface area (TPSA) is 126 Å². The van der Waals surface area contributed by atoms with Crippen molar-refractivity contribution in [1.82, 2.24) is 0 Å². The first kappa shape index (κ1) is 24.8. The molecule has 0 spiro atoms. The number of hydrogen-bond acceptors (Lipinski definition) is 7. The molecule has 1 aliphatic heterocycles. The molecule has 9 nitrogen and oxygen atoms in total. The molecule has 0 aromatic heterocycles. The third kappa shape index (κ3) is 5.97. The summed E-state index contributed by atoms with van der Waals surface area (Å²) in [6.45, 7) is 1.74. The lowest BCUT2D eigenvalue weighted by Crippen LogP contribution is -2.21. The lowest BCUT2D eigenvalue weighted by atomic mass is 10.1. The van der Waals surface area contributed by atoms with E-state index in [0.717, 1.165) is 11.4 Å². The maximum Gasteiger partial charge on any atom is 0.335 e. The van der Waals surface area contributed by atoms with Gasteiger partial charge in [-0.1, -0.05) is 24.3 Å². The minimum Gasteiger partial charge on any atom is -0.495 e. The van der Waals surface area contributed by atoms with Crippen molar-refractivity contribution in [1.29, 1.82) is 0 Å². The van der Waals surface area contributed by atoms with Crippen molar-refractivity contribution in [3.63, 3.8) is 0 Å². The number of carboxylic acids is 1. The summed E-state index contributed by atoms with van der Waals surface area (Å²) in [5.41, 5.74) is 8.53. The Bertz CT molecular complexity index is 1270. The molecular formula is C26H26N4O5. The van der Waals surface area contributed by atoms with Gasteiger partial charge in [-0.2, -0.15) is 10.1 Å². The minimum atomic E-state index is -1.02. The molecule has 0 fully saturated rings. The number of rotatable bonds is 6. The Morgan fingerprint density at radius 3 is 2.14 bits per heavy atom. The Labute approximate surface area is 203 Å². The number of carbonyl (C=O) groups is 2. The second-order valence-corrected chi connectivity index (χ2v) is 7.30. The number of ether oxygens (including phenoxy) is 2. The largest absolute Gasteiger partial charge is 0.495 e. The highest BCUT2D eigenvalue weighted by atomic mass is 16.5. The Morgan fingerprint density at radius 2 is 1.57 bits per heavy atom. The van der Waals surface area contributed by atoms with Crippen LogP contribution in [-0.4, -0.2) is 36.9 Å². The van der Waals surface area contributed by atoms with Crippen molar-refractivity contribution in [2.75, 3.05) is 30.3 Å². The lowest BCUT2D eigenvalue weighted by molar-refractivity contribution is -0.114. The van der Waals surface area contributed by atoms with E-state index in [4.69, 9.17) is 20.3 Å². The first-order valence-corrected chi connectivity index (χ1v) is 10.6.